The van der Waals surface area contributed by atoms with Crippen LogP contribution in [0.1, 0.15) is 64.2 Å². The summed E-state index contributed by atoms with van der Waals surface area (Å²) in [4.78, 5) is 0. The molecule has 0 amide bonds. The topological polar surface area (TPSA) is 63.8 Å². The smallest absolute Gasteiger partial charge is 0.214 e. The number of benzene rings is 1. The molecular formula is C19H30N4OS. The van der Waals surface area contributed by atoms with E-state index in [0.717, 1.165) is 23.0 Å². The van der Waals surface area contributed by atoms with Crippen molar-refractivity contribution in [2.24, 2.45) is 0 Å². The highest BCUT2D eigenvalue weighted by Gasteiger charge is 2.07. The van der Waals surface area contributed by atoms with Crippen molar-refractivity contribution < 1.29 is 5.11 Å². The number of rotatable bonds is 14. The first-order valence-corrected chi connectivity index (χ1v) is 10.5. The normalized spacial score (nSPS) is 11.1. The zero-order valence-electron chi connectivity index (χ0n) is 15.0. The Morgan fingerprint density at radius 2 is 1.40 bits per heavy atom. The van der Waals surface area contributed by atoms with E-state index < -0.39 is 0 Å². The molecule has 5 nitrogen and oxygen atoms in total. The standard InChI is InChI=1S/C19H30N4OS/c24-16-12-7-5-3-1-2-4-6-8-13-17-25-19-20-21-22-23(19)18-14-10-9-11-15-18/h9-11,14-15,24H,1-8,12-13,16-17H2. The van der Waals surface area contributed by atoms with Gasteiger partial charge in [0, 0.05) is 12.4 Å². The lowest BCUT2D eigenvalue weighted by Gasteiger charge is -2.04. The molecule has 0 aliphatic rings. The van der Waals surface area contributed by atoms with E-state index in [2.05, 4.69) is 15.5 Å². The number of nitrogens with zero attached hydrogens (tertiary/aromatic N) is 4. The summed E-state index contributed by atoms with van der Waals surface area (Å²) < 4.78 is 1.81. The minimum atomic E-state index is 0.343. The van der Waals surface area contributed by atoms with E-state index in [0.29, 0.717) is 6.61 Å². The third-order valence-corrected chi connectivity index (χ3v) is 5.23. The fraction of sp³-hybridized carbons (Fsp3) is 0.632. The van der Waals surface area contributed by atoms with Gasteiger partial charge in [0.15, 0.2) is 0 Å². The summed E-state index contributed by atoms with van der Waals surface area (Å²) in [6.45, 7) is 0.343. The van der Waals surface area contributed by atoms with Gasteiger partial charge >= 0.3 is 0 Å². The average molecular weight is 363 g/mol. The second kappa shape index (κ2) is 12.9. The first-order valence-electron chi connectivity index (χ1n) is 9.49. The fourth-order valence-corrected chi connectivity index (χ4v) is 3.68. The number of unbranched alkanes of at least 4 members (excludes halogenated alkanes) is 9. The molecule has 1 aromatic heterocycles. The van der Waals surface area contributed by atoms with Crippen molar-refractivity contribution in [2.75, 3.05) is 12.4 Å². The van der Waals surface area contributed by atoms with E-state index in [4.69, 9.17) is 5.11 Å². The molecule has 0 atom stereocenters. The van der Waals surface area contributed by atoms with Crippen molar-refractivity contribution in [1.29, 1.82) is 0 Å². The minimum Gasteiger partial charge on any atom is -0.396 e. The SMILES string of the molecule is OCCCCCCCCCCCCSc1nnnn1-c1ccccc1. The van der Waals surface area contributed by atoms with E-state index in [-0.39, 0.29) is 0 Å². The van der Waals surface area contributed by atoms with Gasteiger partial charge in [-0.3, -0.25) is 0 Å². The Hall–Kier alpha value is -1.40. The molecule has 0 spiro atoms. The molecule has 25 heavy (non-hydrogen) atoms. The predicted molar refractivity (Wildman–Crippen MR) is 103 cm³/mol. The van der Waals surface area contributed by atoms with Crippen molar-refractivity contribution in [1.82, 2.24) is 20.2 Å². The monoisotopic (exact) mass is 362 g/mol. The van der Waals surface area contributed by atoms with Gasteiger partial charge in [-0.25, -0.2) is 0 Å². The molecule has 0 saturated heterocycles. The zero-order valence-corrected chi connectivity index (χ0v) is 15.8. The van der Waals surface area contributed by atoms with Crippen LogP contribution in [0.25, 0.3) is 5.69 Å². The Labute approximate surface area is 155 Å². The molecule has 0 aliphatic heterocycles. The third-order valence-electron chi connectivity index (χ3n) is 4.23. The molecule has 0 aliphatic carbocycles. The Kier molecular flexibility index (Phi) is 10.3. The van der Waals surface area contributed by atoms with Crippen LogP contribution >= 0.6 is 11.8 Å². The molecule has 0 saturated carbocycles. The molecule has 138 valence electrons. The van der Waals surface area contributed by atoms with Gasteiger partial charge in [-0.05, 0) is 35.4 Å². The van der Waals surface area contributed by atoms with Gasteiger partial charge in [-0.15, -0.1) is 5.10 Å². The van der Waals surface area contributed by atoms with Crippen LogP contribution < -0.4 is 0 Å². The Bertz CT molecular complexity index is 562. The molecular weight excluding hydrogens is 332 g/mol. The largest absolute Gasteiger partial charge is 0.396 e. The second-order valence-electron chi connectivity index (χ2n) is 6.32. The van der Waals surface area contributed by atoms with E-state index in [1.807, 2.05) is 35.0 Å². The highest BCUT2D eigenvalue weighted by molar-refractivity contribution is 7.99. The van der Waals surface area contributed by atoms with Crippen molar-refractivity contribution in [3.63, 3.8) is 0 Å². The molecule has 0 radical (unpaired) electrons. The number of aliphatic hydroxyl groups is 1. The lowest BCUT2D eigenvalue weighted by Crippen LogP contribution is -1.98. The van der Waals surface area contributed by atoms with Crippen LogP contribution in [-0.4, -0.2) is 37.7 Å². The van der Waals surface area contributed by atoms with Crippen LogP contribution in [-0.2, 0) is 0 Å². The van der Waals surface area contributed by atoms with Crippen LogP contribution in [0.2, 0.25) is 0 Å². The minimum absolute atomic E-state index is 0.343. The van der Waals surface area contributed by atoms with E-state index >= 15 is 0 Å². The zero-order chi connectivity index (χ0) is 17.6. The molecule has 0 unspecified atom stereocenters. The Balaban J connectivity index is 1.50. The Morgan fingerprint density at radius 3 is 2.04 bits per heavy atom. The van der Waals surface area contributed by atoms with Gasteiger partial charge in [0.25, 0.3) is 0 Å². The third kappa shape index (κ3) is 8.01. The summed E-state index contributed by atoms with van der Waals surface area (Å²) in [5.41, 5.74) is 1.01. The fourth-order valence-electron chi connectivity index (χ4n) is 2.79. The molecule has 1 N–H and O–H groups in total. The summed E-state index contributed by atoms with van der Waals surface area (Å²) in [6.07, 6.45) is 12.6. The lowest BCUT2D eigenvalue weighted by molar-refractivity contribution is 0.282. The average Bonchev–Trinajstić information content (AvgIpc) is 3.12. The maximum Gasteiger partial charge on any atom is 0.214 e. The van der Waals surface area contributed by atoms with Gasteiger partial charge in [0.05, 0.1) is 5.69 Å². The van der Waals surface area contributed by atoms with E-state index in [1.165, 1.54) is 57.8 Å². The van der Waals surface area contributed by atoms with Crippen LogP contribution in [0, 0.1) is 0 Å². The summed E-state index contributed by atoms with van der Waals surface area (Å²) >= 11 is 1.73. The molecule has 1 heterocycles. The van der Waals surface area contributed by atoms with Gasteiger partial charge in [0.2, 0.25) is 5.16 Å². The molecule has 1 aromatic carbocycles. The van der Waals surface area contributed by atoms with Crippen molar-refractivity contribution in [3.05, 3.63) is 30.3 Å². The van der Waals surface area contributed by atoms with Crippen LogP contribution in [0.5, 0.6) is 0 Å². The van der Waals surface area contributed by atoms with Gasteiger partial charge in [-0.2, -0.15) is 4.68 Å². The first kappa shape index (κ1) is 19.9. The predicted octanol–water partition coefficient (Wildman–Crippen LogP) is 4.65. The van der Waals surface area contributed by atoms with Crippen LogP contribution in [0.4, 0.5) is 0 Å². The molecule has 2 rings (SSSR count). The van der Waals surface area contributed by atoms with Crippen molar-refractivity contribution in [2.45, 2.75) is 69.4 Å². The summed E-state index contributed by atoms with van der Waals surface area (Å²) in [7, 11) is 0. The number of aromatic nitrogens is 4. The lowest BCUT2D eigenvalue weighted by atomic mass is 10.1. The number of hydrogen-bond donors (Lipinski definition) is 1. The maximum absolute atomic E-state index is 8.73. The summed E-state index contributed by atoms with van der Waals surface area (Å²) in [5, 5.41) is 21.6. The van der Waals surface area contributed by atoms with E-state index in [9.17, 15) is 0 Å². The summed E-state index contributed by atoms with van der Waals surface area (Å²) in [5.74, 6) is 1.06. The number of tetrazole rings is 1. The van der Waals surface area contributed by atoms with Crippen molar-refractivity contribution >= 4 is 11.8 Å². The number of para-hydroxylation sites is 1. The molecule has 0 bridgehead atoms. The molecule has 2 aromatic rings. The molecule has 0 fully saturated rings. The molecule has 6 heteroatoms. The van der Waals surface area contributed by atoms with Gasteiger partial charge in [-0.1, -0.05) is 81.3 Å². The van der Waals surface area contributed by atoms with E-state index in [1.54, 1.807) is 11.8 Å². The maximum atomic E-state index is 8.73. The number of aliphatic hydroxyl groups excluding tert-OH is 1. The van der Waals surface area contributed by atoms with Gasteiger partial charge in [0.1, 0.15) is 0 Å². The quantitative estimate of drug-likeness (QED) is 0.391. The van der Waals surface area contributed by atoms with Crippen LogP contribution in [0.3, 0.4) is 0 Å². The number of hydrogen-bond acceptors (Lipinski definition) is 5. The van der Waals surface area contributed by atoms with Gasteiger partial charge < -0.3 is 5.11 Å². The Morgan fingerprint density at radius 1 is 0.800 bits per heavy atom. The first-order chi connectivity index (χ1) is 12.4. The number of thioether (sulfide) groups is 1. The van der Waals surface area contributed by atoms with Crippen LogP contribution in [0.15, 0.2) is 35.5 Å². The summed E-state index contributed by atoms with van der Waals surface area (Å²) in [6, 6.07) is 10.0. The second-order valence-corrected chi connectivity index (χ2v) is 7.38. The van der Waals surface area contributed by atoms with Crippen molar-refractivity contribution in [3.8, 4) is 5.69 Å². The highest BCUT2D eigenvalue weighted by atomic mass is 32.2. The highest BCUT2D eigenvalue weighted by Crippen LogP contribution is 2.20.